The number of amides is 1. The van der Waals surface area contributed by atoms with Crippen molar-refractivity contribution in [1.29, 1.82) is 0 Å². The molecular weight excluding hydrogens is 316 g/mol. The largest absolute Gasteiger partial charge is 0.507 e. The zero-order valence-electron chi connectivity index (χ0n) is 14.0. The third-order valence-corrected chi connectivity index (χ3v) is 4.06. The van der Waals surface area contributed by atoms with Gasteiger partial charge in [-0.25, -0.2) is 0 Å². The summed E-state index contributed by atoms with van der Waals surface area (Å²) in [7, 11) is 0. The Morgan fingerprint density at radius 1 is 1.36 bits per heavy atom. The SMILES string of the molecule is C#Cc1ccc(-c2nnc(NC(=O)CNCC)cc2C2CC2)c(O)c1. The average molecular weight is 336 g/mol. The molecular formula is C19H20N4O2. The first-order valence-corrected chi connectivity index (χ1v) is 8.30. The lowest BCUT2D eigenvalue weighted by atomic mass is 10.0. The van der Waals surface area contributed by atoms with Gasteiger partial charge in [-0.05, 0) is 55.1 Å². The van der Waals surface area contributed by atoms with Crippen molar-refractivity contribution in [2.45, 2.75) is 25.7 Å². The minimum absolute atomic E-state index is 0.0792. The van der Waals surface area contributed by atoms with Crippen molar-refractivity contribution in [1.82, 2.24) is 15.5 Å². The topological polar surface area (TPSA) is 87.1 Å². The molecule has 0 atom stereocenters. The summed E-state index contributed by atoms with van der Waals surface area (Å²) in [5.41, 5.74) is 2.82. The first kappa shape index (κ1) is 16.9. The number of carbonyl (C=O) groups is 1. The molecule has 0 bridgehead atoms. The highest BCUT2D eigenvalue weighted by Gasteiger charge is 2.29. The van der Waals surface area contributed by atoms with E-state index in [1.54, 1.807) is 18.2 Å². The highest BCUT2D eigenvalue weighted by atomic mass is 16.3. The second kappa shape index (κ2) is 7.32. The third kappa shape index (κ3) is 3.95. The van der Waals surface area contributed by atoms with Crippen molar-refractivity contribution in [3.05, 3.63) is 35.4 Å². The van der Waals surface area contributed by atoms with Crippen LogP contribution in [-0.2, 0) is 4.79 Å². The maximum Gasteiger partial charge on any atom is 0.239 e. The molecule has 3 N–H and O–H groups in total. The van der Waals surface area contributed by atoms with Crippen LogP contribution in [0, 0.1) is 12.3 Å². The number of aromatic nitrogens is 2. The number of likely N-dealkylation sites (N-methyl/N-ethyl adjacent to an activating group) is 1. The van der Waals surface area contributed by atoms with Gasteiger partial charge in [-0.1, -0.05) is 12.8 Å². The number of terminal acetylenes is 1. The van der Waals surface area contributed by atoms with E-state index in [0.717, 1.165) is 24.9 Å². The minimum Gasteiger partial charge on any atom is -0.507 e. The van der Waals surface area contributed by atoms with E-state index in [0.29, 0.717) is 28.6 Å². The number of hydrogen-bond acceptors (Lipinski definition) is 5. The van der Waals surface area contributed by atoms with Crippen molar-refractivity contribution in [3.63, 3.8) is 0 Å². The fraction of sp³-hybridized carbons (Fsp3) is 0.316. The van der Waals surface area contributed by atoms with Crippen LogP contribution in [0.15, 0.2) is 24.3 Å². The molecule has 3 rings (SSSR count). The third-order valence-electron chi connectivity index (χ3n) is 4.06. The smallest absolute Gasteiger partial charge is 0.239 e. The zero-order valence-corrected chi connectivity index (χ0v) is 14.0. The molecule has 1 aromatic heterocycles. The number of phenols is 1. The number of benzene rings is 1. The van der Waals surface area contributed by atoms with E-state index in [1.165, 1.54) is 0 Å². The molecule has 0 spiro atoms. The van der Waals surface area contributed by atoms with Crippen molar-refractivity contribution in [3.8, 4) is 29.4 Å². The molecule has 1 fully saturated rings. The van der Waals surface area contributed by atoms with Crippen LogP contribution >= 0.6 is 0 Å². The Balaban J connectivity index is 1.90. The van der Waals surface area contributed by atoms with Crippen LogP contribution in [0.2, 0.25) is 0 Å². The van der Waals surface area contributed by atoms with Gasteiger partial charge in [0, 0.05) is 11.1 Å². The summed E-state index contributed by atoms with van der Waals surface area (Å²) in [5.74, 6) is 3.21. The number of aromatic hydroxyl groups is 1. The monoisotopic (exact) mass is 336 g/mol. The van der Waals surface area contributed by atoms with Crippen molar-refractivity contribution in [2.24, 2.45) is 0 Å². The van der Waals surface area contributed by atoms with Crippen LogP contribution in [0.25, 0.3) is 11.3 Å². The van der Waals surface area contributed by atoms with Gasteiger partial charge in [0.05, 0.1) is 6.54 Å². The average Bonchev–Trinajstić information content (AvgIpc) is 3.45. The summed E-state index contributed by atoms with van der Waals surface area (Å²) in [4.78, 5) is 11.8. The molecule has 0 aliphatic heterocycles. The first-order valence-electron chi connectivity index (χ1n) is 8.30. The van der Waals surface area contributed by atoms with Crippen molar-refractivity contribution < 1.29 is 9.90 Å². The molecule has 6 nitrogen and oxygen atoms in total. The standard InChI is InChI=1S/C19H20N4O2/c1-3-12-5-8-14(16(24)9-12)19-15(13-6-7-13)10-17(22-23-19)21-18(25)11-20-4-2/h1,5,8-10,13,20,24H,4,6-7,11H2,2H3,(H,21,22,25). The fourth-order valence-electron chi connectivity index (χ4n) is 2.63. The quantitative estimate of drug-likeness (QED) is 0.704. The number of rotatable bonds is 6. The molecule has 1 heterocycles. The summed E-state index contributed by atoms with van der Waals surface area (Å²) in [6.45, 7) is 2.89. The van der Waals surface area contributed by atoms with Gasteiger partial charge in [-0.3, -0.25) is 4.79 Å². The molecule has 0 unspecified atom stereocenters. The number of nitrogens with one attached hydrogen (secondary N) is 2. The Hall–Kier alpha value is -2.91. The van der Waals surface area contributed by atoms with Gasteiger partial charge in [-0.15, -0.1) is 16.6 Å². The Kier molecular flexibility index (Phi) is 4.96. The number of carbonyl (C=O) groups excluding carboxylic acids is 1. The molecule has 0 saturated heterocycles. The van der Waals surface area contributed by atoms with Crippen molar-refractivity contribution in [2.75, 3.05) is 18.4 Å². The Bertz CT molecular complexity index is 838. The second-order valence-corrected chi connectivity index (χ2v) is 6.01. The van der Waals surface area contributed by atoms with E-state index in [2.05, 4.69) is 26.8 Å². The lowest BCUT2D eigenvalue weighted by Gasteiger charge is -2.12. The Morgan fingerprint density at radius 2 is 2.16 bits per heavy atom. The lowest BCUT2D eigenvalue weighted by Crippen LogP contribution is -2.28. The zero-order chi connectivity index (χ0) is 17.8. The normalized spacial score (nSPS) is 13.3. The van der Waals surface area contributed by atoms with E-state index in [4.69, 9.17) is 6.42 Å². The summed E-state index contributed by atoms with van der Waals surface area (Å²) in [5, 5.41) is 24.3. The molecule has 6 heteroatoms. The predicted octanol–water partition coefficient (Wildman–Crippen LogP) is 2.26. The molecule has 1 aliphatic carbocycles. The lowest BCUT2D eigenvalue weighted by molar-refractivity contribution is -0.115. The molecule has 0 radical (unpaired) electrons. The summed E-state index contributed by atoms with van der Waals surface area (Å²) >= 11 is 0. The second-order valence-electron chi connectivity index (χ2n) is 6.01. The minimum atomic E-state index is -0.160. The molecule has 128 valence electrons. The van der Waals surface area contributed by atoms with Gasteiger partial charge in [0.15, 0.2) is 5.82 Å². The van der Waals surface area contributed by atoms with Crippen molar-refractivity contribution >= 4 is 11.7 Å². The molecule has 1 saturated carbocycles. The summed E-state index contributed by atoms with van der Waals surface area (Å²) < 4.78 is 0. The number of phenolic OH excluding ortho intramolecular Hbond substituents is 1. The van der Waals surface area contributed by atoms with E-state index in [-0.39, 0.29) is 18.2 Å². The number of nitrogens with zero attached hydrogens (tertiary/aromatic N) is 2. The van der Waals surface area contributed by atoms with E-state index in [9.17, 15) is 9.90 Å². The van der Waals surface area contributed by atoms with Gasteiger partial charge in [-0.2, -0.15) is 0 Å². The molecule has 1 aromatic carbocycles. The predicted molar refractivity (Wildman–Crippen MR) is 96.2 cm³/mol. The highest BCUT2D eigenvalue weighted by molar-refractivity contribution is 5.91. The van der Waals surface area contributed by atoms with E-state index in [1.807, 2.05) is 13.0 Å². The Morgan fingerprint density at radius 3 is 2.80 bits per heavy atom. The fourth-order valence-corrected chi connectivity index (χ4v) is 2.63. The molecule has 2 aromatic rings. The van der Waals surface area contributed by atoms with Crippen LogP contribution in [0.5, 0.6) is 5.75 Å². The summed E-state index contributed by atoms with van der Waals surface area (Å²) in [6, 6.07) is 6.90. The van der Waals surface area contributed by atoms with Crippen LogP contribution < -0.4 is 10.6 Å². The van der Waals surface area contributed by atoms with Crippen LogP contribution in [0.1, 0.15) is 36.8 Å². The van der Waals surface area contributed by atoms with Gasteiger partial charge in [0.2, 0.25) is 5.91 Å². The van der Waals surface area contributed by atoms with Crippen LogP contribution in [0.4, 0.5) is 5.82 Å². The van der Waals surface area contributed by atoms with E-state index < -0.39 is 0 Å². The molecule has 25 heavy (non-hydrogen) atoms. The number of anilines is 1. The number of hydrogen-bond donors (Lipinski definition) is 3. The summed E-state index contributed by atoms with van der Waals surface area (Å²) in [6.07, 6.45) is 7.49. The van der Waals surface area contributed by atoms with Crippen LogP contribution in [0.3, 0.4) is 0 Å². The van der Waals surface area contributed by atoms with Gasteiger partial charge in [0.1, 0.15) is 11.4 Å². The first-order chi connectivity index (χ1) is 12.1. The van der Waals surface area contributed by atoms with E-state index >= 15 is 0 Å². The van der Waals surface area contributed by atoms with Crippen LogP contribution in [-0.4, -0.2) is 34.3 Å². The molecule has 1 amide bonds. The Labute approximate surface area is 146 Å². The maximum atomic E-state index is 11.8. The maximum absolute atomic E-state index is 11.8. The van der Waals surface area contributed by atoms with Gasteiger partial charge in [0.25, 0.3) is 0 Å². The van der Waals surface area contributed by atoms with Gasteiger partial charge < -0.3 is 15.7 Å². The highest BCUT2D eigenvalue weighted by Crippen LogP contribution is 2.45. The molecule has 1 aliphatic rings. The van der Waals surface area contributed by atoms with Gasteiger partial charge >= 0.3 is 0 Å².